The molecule has 2 saturated heterocycles. The molecule has 0 aromatic rings. The molecule has 0 bridgehead atoms. The number of nitrogens with zero attached hydrogens (tertiary/aromatic N) is 2. The van der Waals surface area contributed by atoms with Crippen molar-refractivity contribution in [1.29, 1.82) is 0 Å². The van der Waals surface area contributed by atoms with Crippen LogP contribution in [-0.4, -0.2) is 45.7 Å². The Hall–Kier alpha value is -2.78. The summed E-state index contributed by atoms with van der Waals surface area (Å²) in [5, 5.41) is 1.20. The van der Waals surface area contributed by atoms with Gasteiger partial charge in [0.15, 0.2) is 0 Å². The number of unbranched alkanes of at least 4 members (excludes halogenated alkanes) is 12. The summed E-state index contributed by atoms with van der Waals surface area (Å²) in [6.45, 7) is 0. The SMILES string of the molecule is O=C(CCCCCCCCCCCCCCCC(=O)ON1C(=O)CCC1=O)ON1C(=O)CCC1=O. The molecule has 0 atom stereocenters. The number of amides is 4. The Labute approximate surface area is 206 Å². The van der Waals surface area contributed by atoms with E-state index in [1.807, 2.05) is 0 Å². The molecule has 2 aliphatic heterocycles. The molecule has 0 unspecified atom stereocenters. The molecule has 10 nitrogen and oxygen atoms in total. The molecule has 4 amide bonds. The average molecular weight is 495 g/mol. The van der Waals surface area contributed by atoms with Crippen LogP contribution < -0.4 is 0 Å². The van der Waals surface area contributed by atoms with Gasteiger partial charge in [0.25, 0.3) is 23.6 Å². The molecule has 0 N–H and O–H groups in total. The third-order valence-electron chi connectivity index (χ3n) is 6.16. The number of hydrogen-bond acceptors (Lipinski definition) is 8. The second-order valence-corrected chi connectivity index (χ2v) is 9.19. The fourth-order valence-corrected chi connectivity index (χ4v) is 4.09. The van der Waals surface area contributed by atoms with Crippen LogP contribution in [0.15, 0.2) is 0 Å². The van der Waals surface area contributed by atoms with Gasteiger partial charge >= 0.3 is 11.9 Å². The molecule has 0 aromatic heterocycles. The normalized spacial score (nSPS) is 15.9. The van der Waals surface area contributed by atoms with Crippen LogP contribution >= 0.6 is 0 Å². The number of hydrogen-bond donors (Lipinski definition) is 0. The minimum Gasteiger partial charge on any atom is -0.330 e. The van der Waals surface area contributed by atoms with Crippen molar-refractivity contribution < 1.29 is 38.4 Å². The Kier molecular flexibility index (Phi) is 13.0. The topological polar surface area (TPSA) is 127 Å². The maximum Gasteiger partial charge on any atom is 0.333 e. The van der Waals surface area contributed by atoms with Crippen molar-refractivity contribution >= 4 is 35.6 Å². The van der Waals surface area contributed by atoms with Crippen LogP contribution in [0.3, 0.4) is 0 Å². The summed E-state index contributed by atoms with van der Waals surface area (Å²) in [5.74, 6) is -2.84. The minimum absolute atomic E-state index is 0.110. The summed E-state index contributed by atoms with van der Waals surface area (Å²) in [5.41, 5.74) is 0. The number of carbonyl (C=O) groups is 6. The van der Waals surface area contributed by atoms with Crippen molar-refractivity contribution in [3.8, 4) is 0 Å². The van der Waals surface area contributed by atoms with Gasteiger partial charge in [-0.25, -0.2) is 9.59 Å². The molecule has 2 rings (SSSR count). The van der Waals surface area contributed by atoms with Gasteiger partial charge in [-0.05, 0) is 12.8 Å². The number of imide groups is 2. The van der Waals surface area contributed by atoms with Crippen LogP contribution in [0.25, 0.3) is 0 Å². The smallest absolute Gasteiger partial charge is 0.330 e. The summed E-state index contributed by atoms with van der Waals surface area (Å²) in [6.07, 6.45) is 14.4. The van der Waals surface area contributed by atoms with Crippen molar-refractivity contribution in [2.24, 2.45) is 0 Å². The quantitative estimate of drug-likeness (QED) is 0.206. The van der Waals surface area contributed by atoms with E-state index in [1.54, 1.807) is 0 Å². The minimum atomic E-state index is -0.524. The highest BCUT2D eigenvalue weighted by molar-refractivity contribution is 6.02. The third-order valence-corrected chi connectivity index (χ3v) is 6.16. The van der Waals surface area contributed by atoms with Crippen molar-refractivity contribution in [2.45, 2.75) is 122 Å². The Morgan fingerprint density at radius 1 is 0.457 bits per heavy atom. The van der Waals surface area contributed by atoms with Crippen molar-refractivity contribution in [3.63, 3.8) is 0 Å². The molecule has 0 saturated carbocycles. The summed E-state index contributed by atoms with van der Waals surface area (Å²) in [6, 6.07) is 0. The summed E-state index contributed by atoms with van der Waals surface area (Å²) < 4.78 is 0. The summed E-state index contributed by atoms with van der Waals surface area (Å²) in [4.78, 5) is 78.7. The number of carbonyl (C=O) groups excluding carboxylic acids is 6. The molecular formula is C25H38N2O8. The molecule has 0 spiro atoms. The van der Waals surface area contributed by atoms with E-state index in [4.69, 9.17) is 9.68 Å². The van der Waals surface area contributed by atoms with Gasteiger partial charge in [0.1, 0.15) is 0 Å². The van der Waals surface area contributed by atoms with E-state index in [0.29, 0.717) is 23.0 Å². The predicted octanol–water partition coefficient (Wildman–Crippen LogP) is 4.05. The fourth-order valence-electron chi connectivity index (χ4n) is 4.09. The zero-order valence-electron chi connectivity index (χ0n) is 20.6. The molecule has 0 radical (unpaired) electrons. The predicted molar refractivity (Wildman–Crippen MR) is 124 cm³/mol. The summed E-state index contributed by atoms with van der Waals surface area (Å²) >= 11 is 0. The van der Waals surface area contributed by atoms with E-state index < -0.39 is 35.6 Å². The van der Waals surface area contributed by atoms with Crippen LogP contribution in [0.5, 0.6) is 0 Å². The van der Waals surface area contributed by atoms with E-state index >= 15 is 0 Å². The molecule has 0 aromatic carbocycles. The first kappa shape index (κ1) is 28.5. The van der Waals surface area contributed by atoms with Gasteiger partial charge in [-0.3, -0.25) is 19.2 Å². The van der Waals surface area contributed by atoms with Gasteiger partial charge in [-0.2, -0.15) is 0 Å². The first-order valence-corrected chi connectivity index (χ1v) is 13.0. The Morgan fingerprint density at radius 3 is 0.943 bits per heavy atom. The van der Waals surface area contributed by atoms with Crippen LogP contribution in [0.1, 0.15) is 122 Å². The zero-order valence-corrected chi connectivity index (χ0v) is 20.6. The Balaban J connectivity index is 1.30. The van der Waals surface area contributed by atoms with Crippen molar-refractivity contribution in [2.75, 3.05) is 0 Å². The van der Waals surface area contributed by atoms with Gasteiger partial charge in [0.05, 0.1) is 0 Å². The lowest BCUT2D eigenvalue weighted by Crippen LogP contribution is -2.31. The van der Waals surface area contributed by atoms with Crippen LogP contribution in [0.4, 0.5) is 0 Å². The second-order valence-electron chi connectivity index (χ2n) is 9.19. The molecular weight excluding hydrogens is 456 g/mol. The van der Waals surface area contributed by atoms with E-state index in [0.717, 1.165) is 38.5 Å². The number of hydroxylamine groups is 4. The maximum absolute atomic E-state index is 11.7. The lowest BCUT2D eigenvalue weighted by atomic mass is 10.0. The molecule has 0 aliphatic carbocycles. The van der Waals surface area contributed by atoms with Gasteiger partial charge in [0, 0.05) is 38.5 Å². The lowest BCUT2D eigenvalue weighted by Gasteiger charge is -2.12. The largest absolute Gasteiger partial charge is 0.333 e. The van der Waals surface area contributed by atoms with E-state index in [-0.39, 0.29) is 38.5 Å². The highest BCUT2D eigenvalue weighted by Gasteiger charge is 2.33. The second kappa shape index (κ2) is 16.0. The average Bonchev–Trinajstić information content (AvgIpc) is 3.31. The van der Waals surface area contributed by atoms with Gasteiger partial charge in [0.2, 0.25) is 0 Å². The Morgan fingerprint density at radius 2 is 0.686 bits per heavy atom. The van der Waals surface area contributed by atoms with Crippen molar-refractivity contribution in [3.05, 3.63) is 0 Å². The molecule has 2 aliphatic rings. The number of rotatable bonds is 18. The van der Waals surface area contributed by atoms with Crippen LogP contribution in [0.2, 0.25) is 0 Å². The third kappa shape index (κ3) is 11.0. The molecule has 10 heteroatoms. The molecule has 2 heterocycles. The Bertz CT molecular complexity index is 673. The standard InChI is InChI=1S/C25H38N2O8/c28-20-16-17-21(29)26(20)34-24(32)14-12-10-8-6-4-2-1-3-5-7-9-11-13-15-25(33)35-27-22(30)18-19-23(27)31/h1-19H2. The van der Waals surface area contributed by atoms with Gasteiger partial charge in [-0.1, -0.05) is 70.6 Å². The van der Waals surface area contributed by atoms with Crippen LogP contribution in [-0.2, 0) is 38.4 Å². The van der Waals surface area contributed by atoms with E-state index in [2.05, 4.69) is 0 Å². The summed E-state index contributed by atoms with van der Waals surface area (Å²) in [7, 11) is 0. The van der Waals surface area contributed by atoms with Gasteiger partial charge in [-0.15, -0.1) is 10.1 Å². The molecule has 35 heavy (non-hydrogen) atoms. The molecule has 196 valence electrons. The lowest BCUT2D eigenvalue weighted by molar-refractivity contribution is -0.197. The van der Waals surface area contributed by atoms with Crippen LogP contribution in [0, 0.1) is 0 Å². The highest BCUT2D eigenvalue weighted by atomic mass is 16.7. The first-order chi connectivity index (χ1) is 16.9. The fraction of sp³-hybridized carbons (Fsp3) is 0.760. The maximum atomic E-state index is 11.7. The first-order valence-electron chi connectivity index (χ1n) is 13.0. The van der Waals surface area contributed by atoms with Crippen molar-refractivity contribution in [1.82, 2.24) is 10.1 Å². The molecule has 2 fully saturated rings. The monoisotopic (exact) mass is 494 g/mol. The highest BCUT2D eigenvalue weighted by Crippen LogP contribution is 2.16. The van der Waals surface area contributed by atoms with Gasteiger partial charge < -0.3 is 9.68 Å². The van der Waals surface area contributed by atoms with E-state index in [9.17, 15) is 28.8 Å². The zero-order chi connectivity index (χ0) is 25.5. The van der Waals surface area contributed by atoms with E-state index in [1.165, 1.54) is 32.1 Å².